The van der Waals surface area contributed by atoms with Crippen LogP contribution in [0.4, 0.5) is 5.69 Å². The van der Waals surface area contributed by atoms with Crippen LogP contribution in [0.15, 0.2) is 103 Å². The van der Waals surface area contributed by atoms with Gasteiger partial charge in [-0.05, 0) is 58.5 Å². The van der Waals surface area contributed by atoms with E-state index in [-0.39, 0.29) is 17.2 Å². The molecule has 1 spiro atoms. The smallest absolute Gasteiger partial charge is 0.228 e. The zero-order valence-corrected chi connectivity index (χ0v) is 17.6. The number of benzene rings is 4. The van der Waals surface area contributed by atoms with E-state index in [0.29, 0.717) is 6.61 Å². The first-order valence-corrected chi connectivity index (χ1v) is 11.0. The molecule has 3 nitrogen and oxygen atoms in total. The first kappa shape index (κ1) is 18.9. The second-order valence-corrected chi connectivity index (χ2v) is 8.61. The van der Waals surface area contributed by atoms with E-state index < -0.39 is 0 Å². The zero-order chi connectivity index (χ0) is 21.5. The molecule has 1 N–H and O–H groups in total. The molecule has 0 aliphatic heterocycles. The summed E-state index contributed by atoms with van der Waals surface area (Å²) >= 11 is 0. The lowest BCUT2D eigenvalue weighted by molar-refractivity contribution is -0.117. The van der Waals surface area contributed by atoms with Crippen molar-refractivity contribution in [3.63, 3.8) is 0 Å². The molecule has 1 saturated carbocycles. The molecule has 4 aromatic rings. The van der Waals surface area contributed by atoms with Crippen LogP contribution in [-0.4, -0.2) is 5.91 Å². The van der Waals surface area contributed by atoms with E-state index in [1.165, 1.54) is 22.3 Å². The highest BCUT2D eigenvalue weighted by atomic mass is 16.5. The summed E-state index contributed by atoms with van der Waals surface area (Å²) in [7, 11) is 0. The molecule has 1 fully saturated rings. The maximum Gasteiger partial charge on any atom is 0.228 e. The summed E-state index contributed by atoms with van der Waals surface area (Å²) < 4.78 is 5.85. The fourth-order valence-corrected chi connectivity index (χ4v) is 5.14. The first-order valence-electron chi connectivity index (χ1n) is 11.0. The van der Waals surface area contributed by atoms with Gasteiger partial charge in [-0.15, -0.1) is 0 Å². The average Bonchev–Trinajstić information content (AvgIpc) is 3.55. The molecule has 3 heteroatoms. The molecule has 0 aromatic heterocycles. The summed E-state index contributed by atoms with van der Waals surface area (Å²) in [6, 6.07) is 34.7. The van der Waals surface area contributed by atoms with E-state index in [2.05, 4.69) is 53.8 Å². The molecule has 1 atom stereocenters. The minimum absolute atomic E-state index is 0.0543. The van der Waals surface area contributed by atoms with Gasteiger partial charge in [0.2, 0.25) is 5.91 Å². The maximum absolute atomic E-state index is 13.2. The zero-order valence-electron chi connectivity index (χ0n) is 17.6. The van der Waals surface area contributed by atoms with Crippen molar-refractivity contribution in [1.82, 2.24) is 0 Å². The highest BCUT2D eigenvalue weighted by molar-refractivity contribution is 5.99. The van der Waals surface area contributed by atoms with Gasteiger partial charge in [0.15, 0.2) is 0 Å². The van der Waals surface area contributed by atoms with Gasteiger partial charge >= 0.3 is 0 Å². The van der Waals surface area contributed by atoms with Crippen molar-refractivity contribution in [2.24, 2.45) is 5.92 Å². The van der Waals surface area contributed by atoms with Crippen molar-refractivity contribution in [3.8, 4) is 16.9 Å². The second-order valence-electron chi connectivity index (χ2n) is 8.61. The summed E-state index contributed by atoms with van der Waals surface area (Å²) in [5, 5.41) is 3.12. The standard InChI is InChI=1S/C29H23NO2/c31-28(30-21-14-16-22(17-15-21)32-19-20-8-2-1-3-9-20)27-18-29(27)25-12-6-4-10-23(25)24-11-5-7-13-26(24)29/h1-17,27H,18-19H2,(H,30,31). The highest BCUT2D eigenvalue weighted by Crippen LogP contribution is 2.66. The Hall–Kier alpha value is -3.85. The first-order chi connectivity index (χ1) is 15.8. The van der Waals surface area contributed by atoms with Crippen molar-refractivity contribution >= 4 is 11.6 Å². The summed E-state index contributed by atoms with van der Waals surface area (Å²) in [5.74, 6) is 0.809. The van der Waals surface area contributed by atoms with Crippen molar-refractivity contribution in [2.75, 3.05) is 5.32 Å². The van der Waals surface area contributed by atoms with Crippen molar-refractivity contribution in [3.05, 3.63) is 120 Å². The lowest BCUT2D eigenvalue weighted by atomic mass is 9.90. The van der Waals surface area contributed by atoms with Crippen LogP contribution in [0.5, 0.6) is 5.75 Å². The number of hydrogen-bond acceptors (Lipinski definition) is 2. The minimum Gasteiger partial charge on any atom is -0.489 e. The molecule has 2 aliphatic rings. The van der Waals surface area contributed by atoms with Gasteiger partial charge in [0.1, 0.15) is 12.4 Å². The van der Waals surface area contributed by atoms with Crippen LogP contribution in [-0.2, 0) is 16.8 Å². The number of ether oxygens (including phenoxy) is 1. The Morgan fingerprint density at radius 2 is 1.38 bits per heavy atom. The Kier molecular flexibility index (Phi) is 4.36. The number of rotatable bonds is 5. The summed E-state index contributed by atoms with van der Waals surface area (Å²) in [5.41, 5.74) is 6.83. The fraction of sp³-hybridized carbons (Fsp3) is 0.138. The highest BCUT2D eigenvalue weighted by Gasteiger charge is 2.63. The Balaban J connectivity index is 1.17. The molecule has 4 aromatic carbocycles. The van der Waals surface area contributed by atoms with Crippen molar-refractivity contribution < 1.29 is 9.53 Å². The summed E-state index contributed by atoms with van der Waals surface area (Å²) in [6.07, 6.45) is 0.852. The van der Waals surface area contributed by atoms with Gasteiger partial charge in [0, 0.05) is 11.1 Å². The Morgan fingerprint density at radius 3 is 2.03 bits per heavy atom. The van der Waals surface area contributed by atoms with Gasteiger partial charge in [-0.25, -0.2) is 0 Å². The van der Waals surface area contributed by atoms with Crippen LogP contribution in [0.25, 0.3) is 11.1 Å². The number of fused-ring (bicyclic) bond motifs is 5. The van der Waals surface area contributed by atoms with Gasteiger partial charge in [-0.3, -0.25) is 4.79 Å². The molecular weight excluding hydrogens is 394 g/mol. The normalized spacial score (nSPS) is 16.8. The van der Waals surface area contributed by atoms with Crippen LogP contribution in [0, 0.1) is 5.92 Å². The molecule has 0 heterocycles. The monoisotopic (exact) mass is 417 g/mol. The van der Waals surface area contributed by atoms with Gasteiger partial charge in [0.05, 0.1) is 5.92 Å². The number of nitrogens with one attached hydrogen (secondary N) is 1. The molecule has 1 unspecified atom stereocenters. The molecule has 156 valence electrons. The molecular formula is C29H23NO2. The third-order valence-electron chi connectivity index (χ3n) is 6.75. The second kappa shape index (κ2) is 7.38. The van der Waals surface area contributed by atoms with Gasteiger partial charge < -0.3 is 10.1 Å². The van der Waals surface area contributed by atoms with E-state index in [9.17, 15) is 4.79 Å². The summed E-state index contributed by atoms with van der Waals surface area (Å²) in [6.45, 7) is 0.524. The molecule has 0 bridgehead atoms. The van der Waals surface area contributed by atoms with E-state index in [4.69, 9.17) is 4.74 Å². The maximum atomic E-state index is 13.2. The molecule has 0 saturated heterocycles. The molecule has 0 radical (unpaired) electrons. The number of amides is 1. The number of hydrogen-bond donors (Lipinski definition) is 1. The van der Waals surface area contributed by atoms with Crippen LogP contribution < -0.4 is 10.1 Å². The fourth-order valence-electron chi connectivity index (χ4n) is 5.14. The van der Waals surface area contributed by atoms with Crippen LogP contribution in [0.3, 0.4) is 0 Å². The number of carbonyl (C=O) groups is 1. The largest absolute Gasteiger partial charge is 0.489 e. The quantitative estimate of drug-likeness (QED) is 0.420. The molecule has 1 amide bonds. The Bertz CT molecular complexity index is 1250. The van der Waals surface area contributed by atoms with E-state index in [0.717, 1.165) is 23.4 Å². The summed E-state index contributed by atoms with van der Waals surface area (Å²) in [4.78, 5) is 13.2. The Labute approximate surface area is 187 Å². The SMILES string of the molecule is O=C(Nc1ccc(OCc2ccccc2)cc1)C1CC12c1ccccc1-c1ccccc12. The van der Waals surface area contributed by atoms with Crippen LogP contribution >= 0.6 is 0 Å². The van der Waals surface area contributed by atoms with Gasteiger partial charge in [-0.1, -0.05) is 78.9 Å². The van der Waals surface area contributed by atoms with Crippen molar-refractivity contribution in [1.29, 1.82) is 0 Å². The third-order valence-corrected chi connectivity index (χ3v) is 6.75. The number of carbonyl (C=O) groups excluding carboxylic acids is 1. The van der Waals surface area contributed by atoms with Crippen LogP contribution in [0.2, 0.25) is 0 Å². The van der Waals surface area contributed by atoms with E-state index in [1.807, 2.05) is 54.6 Å². The van der Waals surface area contributed by atoms with E-state index in [1.54, 1.807) is 0 Å². The molecule has 6 rings (SSSR count). The number of anilines is 1. The van der Waals surface area contributed by atoms with Crippen LogP contribution in [0.1, 0.15) is 23.1 Å². The van der Waals surface area contributed by atoms with Gasteiger partial charge in [-0.2, -0.15) is 0 Å². The molecule has 2 aliphatic carbocycles. The van der Waals surface area contributed by atoms with E-state index >= 15 is 0 Å². The van der Waals surface area contributed by atoms with Crippen molar-refractivity contribution in [2.45, 2.75) is 18.4 Å². The Morgan fingerprint density at radius 1 is 0.781 bits per heavy atom. The lowest BCUT2D eigenvalue weighted by Gasteiger charge is -2.14. The predicted molar refractivity (Wildman–Crippen MR) is 127 cm³/mol. The third kappa shape index (κ3) is 3.01. The lowest BCUT2D eigenvalue weighted by Crippen LogP contribution is -2.20. The predicted octanol–water partition coefficient (Wildman–Crippen LogP) is 6.19. The average molecular weight is 418 g/mol. The minimum atomic E-state index is -0.185. The topological polar surface area (TPSA) is 38.3 Å². The molecule has 32 heavy (non-hydrogen) atoms. The van der Waals surface area contributed by atoms with Gasteiger partial charge in [0.25, 0.3) is 0 Å².